The van der Waals surface area contributed by atoms with Gasteiger partial charge in [-0.15, -0.1) is 0 Å². The highest BCUT2D eigenvalue weighted by Crippen LogP contribution is 2.32. The molecule has 0 aliphatic carbocycles. The van der Waals surface area contributed by atoms with E-state index < -0.39 is 0 Å². The Balaban J connectivity index is 2.37. The fourth-order valence-corrected chi connectivity index (χ4v) is 2.98. The molecule has 0 unspecified atom stereocenters. The highest BCUT2D eigenvalue weighted by atomic mass is 79.9. The zero-order chi connectivity index (χ0) is 13.3. The van der Waals surface area contributed by atoms with Gasteiger partial charge < -0.3 is 5.11 Å². The third kappa shape index (κ3) is 3.12. The van der Waals surface area contributed by atoms with Gasteiger partial charge in [-0.3, -0.25) is 0 Å². The maximum absolute atomic E-state index is 9.44. The molecule has 0 saturated carbocycles. The molecule has 0 atom stereocenters. The van der Waals surface area contributed by atoms with Gasteiger partial charge in [0.15, 0.2) is 0 Å². The summed E-state index contributed by atoms with van der Waals surface area (Å²) in [6.45, 7) is 0. The Bertz CT molecular complexity index is 576. The number of hydrogen-bond donors (Lipinski definition) is 1. The molecule has 1 nitrogen and oxygen atoms in total. The van der Waals surface area contributed by atoms with E-state index in [0.29, 0.717) is 26.0 Å². The average molecular weight is 366 g/mol. The highest BCUT2D eigenvalue weighted by Gasteiger charge is 2.09. The monoisotopic (exact) mass is 364 g/mol. The van der Waals surface area contributed by atoms with E-state index >= 15 is 0 Å². The second kappa shape index (κ2) is 5.70. The van der Waals surface area contributed by atoms with Gasteiger partial charge in [0.25, 0.3) is 0 Å². The van der Waals surface area contributed by atoms with Crippen molar-refractivity contribution in [2.24, 2.45) is 0 Å². The van der Waals surface area contributed by atoms with E-state index in [9.17, 15) is 5.11 Å². The lowest BCUT2D eigenvalue weighted by atomic mass is 10.0. The smallest absolute Gasteiger partial charge is 0.129 e. The Hall–Kier alpha value is -0.410. The van der Waals surface area contributed by atoms with E-state index in [-0.39, 0.29) is 5.75 Å². The van der Waals surface area contributed by atoms with Crippen LogP contribution in [-0.4, -0.2) is 5.11 Å². The summed E-state index contributed by atoms with van der Waals surface area (Å²) in [4.78, 5) is 0. The normalized spacial score (nSPS) is 10.7. The molecule has 0 heterocycles. The van der Waals surface area contributed by atoms with E-state index in [2.05, 4.69) is 15.9 Å². The summed E-state index contributed by atoms with van der Waals surface area (Å²) in [5.74, 6) is 0.201. The van der Waals surface area contributed by atoms with Crippen LogP contribution in [0, 0.1) is 0 Å². The minimum absolute atomic E-state index is 0.201. The number of phenols is 1. The quantitative estimate of drug-likeness (QED) is 0.722. The van der Waals surface area contributed by atoms with E-state index in [4.69, 9.17) is 34.8 Å². The molecule has 94 valence electrons. The molecule has 18 heavy (non-hydrogen) atoms. The van der Waals surface area contributed by atoms with Gasteiger partial charge in [-0.05, 0) is 51.3 Å². The molecule has 0 aliphatic rings. The molecule has 2 aromatic rings. The van der Waals surface area contributed by atoms with Gasteiger partial charge in [-0.2, -0.15) is 0 Å². The molecule has 2 rings (SSSR count). The standard InChI is InChI=1S/C13H8BrCl3O/c14-10-4-7(1-2-13(10)18)3-9-11(16)5-8(15)6-12(9)17/h1-2,4-6,18H,3H2. The molecule has 0 aromatic heterocycles. The first kappa shape index (κ1) is 14.0. The fourth-order valence-electron chi connectivity index (χ4n) is 1.61. The van der Waals surface area contributed by atoms with Crippen LogP contribution in [0.15, 0.2) is 34.8 Å². The molecular formula is C13H8BrCl3O. The van der Waals surface area contributed by atoms with Crippen molar-refractivity contribution in [1.82, 2.24) is 0 Å². The van der Waals surface area contributed by atoms with Crippen molar-refractivity contribution in [2.75, 3.05) is 0 Å². The molecule has 0 amide bonds. The zero-order valence-electron chi connectivity index (χ0n) is 9.05. The van der Waals surface area contributed by atoms with Crippen molar-refractivity contribution >= 4 is 50.7 Å². The van der Waals surface area contributed by atoms with Crippen molar-refractivity contribution < 1.29 is 5.11 Å². The first-order valence-electron chi connectivity index (χ1n) is 5.08. The molecule has 1 N–H and O–H groups in total. The van der Waals surface area contributed by atoms with E-state index in [1.807, 2.05) is 12.1 Å². The largest absolute Gasteiger partial charge is 0.507 e. The van der Waals surface area contributed by atoms with E-state index in [1.54, 1.807) is 18.2 Å². The van der Waals surface area contributed by atoms with Crippen LogP contribution in [0.5, 0.6) is 5.75 Å². The van der Waals surface area contributed by atoms with Crippen LogP contribution in [0.4, 0.5) is 0 Å². The number of aromatic hydroxyl groups is 1. The number of rotatable bonds is 2. The molecule has 0 aliphatic heterocycles. The maximum atomic E-state index is 9.44. The van der Waals surface area contributed by atoms with Crippen LogP contribution in [0.1, 0.15) is 11.1 Å². The summed E-state index contributed by atoms with van der Waals surface area (Å²) < 4.78 is 0.640. The highest BCUT2D eigenvalue weighted by molar-refractivity contribution is 9.10. The second-order valence-electron chi connectivity index (χ2n) is 3.81. The van der Waals surface area contributed by atoms with Gasteiger partial charge in [0.05, 0.1) is 4.47 Å². The predicted molar refractivity (Wildman–Crippen MR) is 80.1 cm³/mol. The van der Waals surface area contributed by atoms with Gasteiger partial charge in [0, 0.05) is 21.5 Å². The lowest BCUT2D eigenvalue weighted by molar-refractivity contribution is 0.471. The third-order valence-corrected chi connectivity index (χ3v) is 4.03. The Morgan fingerprint density at radius 2 is 1.61 bits per heavy atom. The molecule has 0 saturated heterocycles. The summed E-state index contributed by atoms with van der Waals surface area (Å²) >= 11 is 21.4. The van der Waals surface area contributed by atoms with Gasteiger partial charge in [-0.1, -0.05) is 40.9 Å². The van der Waals surface area contributed by atoms with Crippen LogP contribution in [0.25, 0.3) is 0 Å². The van der Waals surface area contributed by atoms with Gasteiger partial charge in [0.2, 0.25) is 0 Å². The number of benzene rings is 2. The number of halogens is 4. The molecule has 0 fully saturated rings. The molecular weight excluding hydrogens is 358 g/mol. The first-order chi connectivity index (χ1) is 8.47. The Labute approximate surface area is 128 Å². The third-order valence-electron chi connectivity index (χ3n) is 2.50. The van der Waals surface area contributed by atoms with Gasteiger partial charge in [0.1, 0.15) is 5.75 Å². The van der Waals surface area contributed by atoms with Crippen molar-refractivity contribution in [3.63, 3.8) is 0 Å². The van der Waals surface area contributed by atoms with Crippen LogP contribution in [-0.2, 0) is 6.42 Å². The summed E-state index contributed by atoms with van der Waals surface area (Å²) in [5.41, 5.74) is 1.81. The predicted octanol–water partition coefficient (Wildman–Crippen LogP) is 5.71. The summed E-state index contributed by atoms with van der Waals surface area (Å²) in [6, 6.07) is 8.61. The molecule has 0 spiro atoms. The number of hydrogen-bond acceptors (Lipinski definition) is 1. The van der Waals surface area contributed by atoms with Crippen LogP contribution in [0.3, 0.4) is 0 Å². The fraction of sp³-hybridized carbons (Fsp3) is 0.0769. The topological polar surface area (TPSA) is 20.2 Å². The SMILES string of the molecule is Oc1ccc(Cc2c(Cl)cc(Cl)cc2Cl)cc1Br. The lowest BCUT2D eigenvalue weighted by Gasteiger charge is -2.09. The van der Waals surface area contributed by atoms with E-state index in [0.717, 1.165) is 11.1 Å². The van der Waals surface area contributed by atoms with Crippen molar-refractivity contribution in [1.29, 1.82) is 0 Å². The van der Waals surface area contributed by atoms with Crippen molar-refractivity contribution in [3.8, 4) is 5.75 Å². The Morgan fingerprint density at radius 1 is 1.00 bits per heavy atom. The van der Waals surface area contributed by atoms with Crippen LogP contribution in [0.2, 0.25) is 15.1 Å². The second-order valence-corrected chi connectivity index (χ2v) is 5.92. The zero-order valence-corrected chi connectivity index (χ0v) is 12.9. The van der Waals surface area contributed by atoms with E-state index in [1.165, 1.54) is 0 Å². The molecule has 5 heteroatoms. The first-order valence-corrected chi connectivity index (χ1v) is 7.01. The minimum Gasteiger partial charge on any atom is -0.507 e. The van der Waals surface area contributed by atoms with Gasteiger partial charge >= 0.3 is 0 Å². The van der Waals surface area contributed by atoms with Crippen LogP contribution < -0.4 is 0 Å². The van der Waals surface area contributed by atoms with Crippen molar-refractivity contribution in [3.05, 3.63) is 61.0 Å². The minimum atomic E-state index is 0.201. The Kier molecular flexibility index (Phi) is 4.44. The Morgan fingerprint density at radius 3 is 2.17 bits per heavy atom. The molecule has 2 aromatic carbocycles. The average Bonchev–Trinajstić information content (AvgIpc) is 2.28. The summed E-state index contributed by atoms with van der Waals surface area (Å²) in [7, 11) is 0. The molecule has 0 bridgehead atoms. The number of phenolic OH excluding ortho intramolecular Hbond substituents is 1. The van der Waals surface area contributed by atoms with Crippen molar-refractivity contribution in [2.45, 2.75) is 6.42 Å². The van der Waals surface area contributed by atoms with Gasteiger partial charge in [-0.25, -0.2) is 0 Å². The molecule has 0 radical (unpaired) electrons. The van der Waals surface area contributed by atoms with Crippen LogP contribution >= 0.6 is 50.7 Å². The lowest BCUT2D eigenvalue weighted by Crippen LogP contribution is -1.91. The summed E-state index contributed by atoms with van der Waals surface area (Å²) in [5, 5.41) is 11.0. The summed E-state index contributed by atoms with van der Waals surface area (Å²) in [6.07, 6.45) is 0.577. The maximum Gasteiger partial charge on any atom is 0.129 e.